The van der Waals surface area contributed by atoms with Gasteiger partial charge in [-0.25, -0.2) is 0 Å². The Morgan fingerprint density at radius 3 is 2.78 bits per heavy atom. The van der Waals surface area contributed by atoms with Gasteiger partial charge in [-0.05, 0) is 6.42 Å². The van der Waals surface area contributed by atoms with Gasteiger partial charge in [0.05, 0.1) is 12.5 Å². The zero-order chi connectivity index (χ0) is 6.95. The summed E-state index contributed by atoms with van der Waals surface area (Å²) < 4.78 is 0. The first-order chi connectivity index (χ1) is 4.41. The smallest absolute Gasteiger partial charge is 0.0663 e. The van der Waals surface area contributed by atoms with E-state index in [1.54, 1.807) is 0 Å². The predicted molar refractivity (Wildman–Crippen MR) is 38.9 cm³/mol. The van der Waals surface area contributed by atoms with Gasteiger partial charge < -0.3 is 0 Å². The maximum atomic E-state index is 8.12. The van der Waals surface area contributed by atoms with E-state index < -0.39 is 0 Å². The molecule has 0 rings (SSSR count). The molecule has 0 bridgehead atoms. The molecule has 1 heteroatoms. The van der Waals surface area contributed by atoms with E-state index in [1.807, 2.05) is 6.08 Å². The number of hydrogen-bond acceptors (Lipinski definition) is 1. The van der Waals surface area contributed by atoms with Crippen molar-refractivity contribution in [2.24, 2.45) is 0 Å². The standard InChI is InChI=1S/C8H13N/c1-2-3-4-5-6-7-8-9/h5-6H,2-4,7H2,1H3/b6-5-. The minimum absolute atomic E-state index is 0.559. The molecule has 0 aromatic rings. The van der Waals surface area contributed by atoms with E-state index in [4.69, 9.17) is 5.26 Å². The summed E-state index contributed by atoms with van der Waals surface area (Å²) >= 11 is 0. The Kier molecular flexibility index (Phi) is 6.61. The van der Waals surface area contributed by atoms with Crippen molar-refractivity contribution in [2.75, 3.05) is 0 Å². The molecule has 0 radical (unpaired) electrons. The van der Waals surface area contributed by atoms with Crippen LogP contribution in [0.5, 0.6) is 0 Å². The highest BCUT2D eigenvalue weighted by atomic mass is 14.2. The van der Waals surface area contributed by atoms with Crippen LogP contribution in [0.4, 0.5) is 0 Å². The Labute approximate surface area is 57.0 Å². The average molecular weight is 123 g/mol. The number of nitrogens with zero attached hydrogens (tertiary/aromatic N) is 1. The Morgan fingerprint density at radius 2 is 2.22 bits per heavy atom. The lowest BCUT2D eigenvalue weighted by Gasteiger charge is -1.84. The molecular weight excluding hydrogens is 110 g/mol. The highest BCUT2D eigenvalue weighted by Crippen LogP contribution is 1.94. The topological polar surface area (TPSA) is 23.8 Å². The maximum absolute atomic E-state index is 8.12. The Morgan fingerprint density at radius 1 is 1.44 bits per heavy atom. The fourth-order valence-corrected chi connectivity index (χ4v) is 0.576. The molecule has 0 atom stereocenters. The second-order valence-corrected chi connectivity index (χ2v) is 1.98. The average Bonchev–Trinajstić information content (AvgIpc) is 1.89. The van der Waals surface area contributed by atoms with Gasteiger partial charge in [0, 0.05) is 0 Å². The van der Waals surface area contributed by atoms with Crippen molar-refractivity contribution in [3.63, 3.8) is 0 Å². The summed E-state index contributed by atoms with van der Waals surface area (Å²) in [5.74, 6) is 0. The normalized spacial score (nSPS) is 9.78. The van der Waals surface area contributed by atoms with Gasteiger partial charge in [-0.2, -0.15) is 5.26 Å². The van der Waals surface area contributed by atoms with Crippen LogP contribution in [0.3, 0.4) is 0 Å². The van der Waals surface area contributed by atoms with Crippen LogP contribution in [0.15, 0.2) is 12.2 Å². The van der Waals surface area contributed by atoms with Crippen LogP contribution >= 0.6 is 0 Å². The van der Waals surface area contributed by atoms with Crippen LogP contribution in [-0.4, -0.2) is 0 Å². The number of hydrogen-bond donors (Lipinski definition) is 0. The summed E-state index contributed by atoms with van der Waals surface area (Å²) in [6, 6.07) is 2.06. The maximum Gasteiger partial charge on any atom is 0.0663 e. The molecule has 0 aromatic carbocycles. The molecule has 0 aromatic heterocycles. The Hall–Kier alpha value is -0.770. The number of unbranched alkanes of at least 4 members (excludes halogenated alkanes) is 2. The first-order valence-corrected chi connectivity index (χ1v) is 3.43. The molecule has 1 nitrogen and oxygen atoms in total. The van der Waals surface area contributed by atoms with Gasteiger partial charge in [-0.3, -0.25) is 0 Å². The second-order valence-electron chi connectivity index (χ2n) is 1.98. The summed E-state index contributed by atoms with van der Waals surface area (Å²) in [6.45, 7) is 2.16. The molecule has 0 unspecified atom stereocenters. The van der Waals surface area contributed by atoms with Crippen molar-refractivity contribution in [3.8, 4) is 6.07 Å². The van der Waals surface area contributed by atoms with Gasteiger partial charge in [0.1, 0.15) is 0 Å². The lowest BCUT2D eigenvalue weighted by molar-refractivity contribution is 0.813. The largest absolute Gasteiger partial charge is 0.198 e. The molecule has 0 amide bonds. The van der Waals surface area contributed by atoms with Crippen LogP contribution in [0, 0.1) is 11.3 Å². The van der Waals surface area contributed by atoms with E-state index in [0.717, 1.165) is 6.42 Å². The first-order valence-electron chi connectivity index (χ1n) is 3.43. The van der Waals surface area contributed by atoms with Crippen molar-refractivity contribution in [1.29, 1.82) is 5.26 Å². The molecule has 9 heavy (non-hydrogen) atoms. The Bertz CT molecular complexity index is 108. The summed E-state index contributed by atoms with van der Waals surface area (Å²) in [6.07, 6.45) is 8.16. The molecule has 0 heterocycles. The zero-order valence-corrected chi connectivity index (χ0v) is 5.93. The van der Waals surface area contributed by atoms with Gasteiger partial charge in [0.15, 0.2) is 0 Å². The molecule has 0 spiro atoms. The Balaban J connectivity index is 2.97. The second kappa shape index (κ2) is 7.23. The van der Waals surface area contributed by atoms with E-state index in [0.29, 0.717) is 6.42 Å². The van der Waals surface area contributed by atoms with E-state index in [1.165, 1.54) is 12.8 Å². The molecule has 0 aliphatic rings. The van der Waals surface area contributed by atoms with Crippen molar-refractivity contribution in [2.45, 2.75) is 32.6 Å². The van der Waals surface area contributed by atoms with Crippen molar-refractivity contribution in [1.82, 2.24) is 0 Å². The van der Waals surface area contributed by atoms with Gasteiger partial charge in [0.2, 0.25) is 0 Å². The highest BCUT2D eigenvalue weighted by Gasteiger charge is 1.76. The molecule has 0 saturated carbocycles. The lowest BCUT2D eigenvalue weighted by atomic mass is 10.2. The van der Waals surface area contributed by atoms with Crippen LogP contribution in [0.2, 0.25) is 0 Å². The molecule has 0 aliphatic heterocycles. The monoisotopic (exact) mass is 123 g/mol. The third-order valence-corrected chi connectivity index (χ3v) is 1.10. The van der Waals surface area contributed by atoms with Gasteiger partial charge in [-0.1, -0.05) is 31.9 Å². The number of rotatable bonds is 4. The summed E-state index contributed by atoms with van der Waals surface area (Å²) in [5, 5.41) is 8.12. The van der Waals surface area contributed by atoms with E-state index >= 15 is 0 Å². The van der Waals surface area contributed by atoms with Crippen molar-refractivity contribution in [3.05, 3.63) is 12.2 Å². The van der Waals surface area contributed by atoms with Gasteiger partial charge in [0.25, 0.3) is 0 Å². The van der Waals surface area contributed by atoms with E-state index in [-0.39, 0.29) is 0 Å². The minimum atomic E-state index is 0.559. The van der Waals surface area contributed by atoms with Crippen LogP contribution in [0.25, 0.3) is 0 Å². The lowest BCUT2D eigenvalue weighted by Crippen LogP contribution is -1.65. The predicted octanol–water partition coefficient (Wildman–Crippen LogP) is 2.65. The quantitative estimate of drug-likeness (QED) is 0.416. The van der Waals surface area contributed by atoms with Crippen LogP contribution in [0.1, 0.15) is 32.6 Å². The SMILES string of the molecule is CCCC/C=C\CC#N. The highest BCUT2D eigenvalue weighted by molar-refractivity contribution is 4.90. The summed E-state index contributed by atoms with van der Waals surface area (Å²) in [4.78, 5) is 0. The zero-order valence-electron chi connectivity index (χ0n) is 5.93. The molecule has 0 saturated heterocycles. The minimum Gasteiger partial charge on any atom is -0.198 e. The van der Waals surface area contributed by atoms with E-state index in [9.17, 15) is 0 Å². The third kappa shape index (κ3) is 7.23. The first kappa shape index (κ1) is 8.23. The van der Waals surface area contributed by atoms with Crippen LogP contribution in [-0.2, 0) is 0 Å². The molecule has 0 N–H and O–H groups in total. The van der Waals surface area contributed by atoms with Crippen LogP contribution < -0.4 is 0 Å². The fourth-order valence-electron chi connectivity index (χ4n) is 0.576. The van der Waals surface area contributed by atoms with Gasteiger partial charge in [-0.15, -0.1) is 0 Å². The summed E-state index contributed by atoms with van der Waals surface area (Å²) in [7, 11) is 0. The molecule has 0 aliphatic carbocycles. The number of nitriles is 1. The van der Waals surface area contributed by atoms with Gasteiger partial charge >= 0.3 is 0 Å². The number of allylic oxidation sites excluding steroid dienone is 2. The van der Waals surface area contributed by atoms with Crippen molar-refractivity contribution < 1.29 is 0 Å². The third-order valence-electron chi connectivity index (χ3n) is 1.10. The fraction of sp³-hybridized carbons (Fsp3) is 0.625. The molecular formula is C8H13N. The summed E-state index contributed by atoms with van der Waals surface area (Å²) in [5.41, 5.74) is 0. The molecule has 50 valence electrons. The van der Waals surface area contributed by atoms with Crippen molar-refractivity contribution >= 4 is 0 Å². The molecule has 0 fully saturated rings. The van der Waals surface area contributed by atoms with E-state index in [2.05, 4.69) is 19.1 Å².